The predicted molar refractivity (Wildman–Crippen MR) is 79.2 cm³/mol. The molecule has 1 aromatic rings. The summed E-state index contributed by atoms with van der Waals surface area (Å²) in [5.74, 6) is 0. The first-order valence-corrected chi connectivity index (χ1v) is 7.21. The molecular weight excluding hydrogens is 220 g/mol. The molecule has 0 aliphatic heterocycles. The first-order chi connectivity index (χ1) is 8.11. The van der Waals surface area contributed by atoms with E-state index in [9.17, 15) is 0 Å². The second kappa shape index (κ2) is 5.07. The van der Waals surface area contributed by atoms with E-state index in [0.717, 1.165) is 12.8 Å². The second-order valence-corrected chi connectivity index (χ2v) is 7.33. The molecule has 0 aliphatic carbocycles. The van der Waals surface area contributed by atoms with Gasteiger partial charge in [-0.3, -0.25) is 4.68 Å². The Morgan fingerprint density at radius 1 is 1.00 bits per heavy atom. The van der Waals surface area contributed by atoms with Crippen molar-refractivity contribution in [1.29, 1.82) is 0 Å². The minimum absolute atomic E-state index is 0.122. The minimum atomic E-state index is 0.122. The lowest BCUT2D eigenvalue weighted by molar-refractivity contribution is 0.378. The standard InChI is InChI=1S/C16H30N2/c1-9-12(10-2)18-14(16(6,7)8)11-13(17-18)15(3,4)5/h11-12H,9-10H2,1-8H3. The van der Waals surface area contributed by atoms with Crippen LogP contribution >= 0.6 is 0 Å². The Morgan fingerprint density at radius 3 is 1.83 bits per heavy atom. The van der Waals surface area contributed by atoms with Crippen LogP contribution < -0.4 is 0 Å². The van der Waals surface area contributed by atoms with Crippen molar-refractivity contribution in [2.45, 2.75) is 85.1 Å². The van der Waals surface area contributed by atoms with Gasteiger partial charge in [0, 0.05) is 16.5 Å². The second-order valence-electron chi connectivity index (χ2n) is 7.33. The fourth-order valence-corrected chi connectivity index (χ4v) is 2.23. The van der Waals surface area contributed by atoms with Crippen LogP contribution in [0.1, 0.15) is 85.7 Å². The summed E-state index contributed by atoms with van der Waals surface area (Å²) in [4.78, 5) is 0. The van der Waals surface area contributed by atoms with Crippen molar-refractivity contribution < 1.29 is 0 Å². The molecule has 0 aromatic carbocycles. The van der Waals surface area contributed by atoms with Crippen molar-refractivity contribution in [3.8, 4) is 0 Å². The lowest BCUT2D eigenvalue weighted by Gasteiger charge is -2.24. The highest BCUT2D eigenvalue weighted by molar-refractivity contribution is 5.23. The summed E-state index contributed by atoms with van der Waals surface area (Å²) in [6.45, 7) is 18.0. The molecule has 0 atom stereocenters. The van der Waals surface area contributed by atoms with E-state index >= 15 is 0 Å². The number of aromatic nitrogens is 2. The topological polar surface area (TPSA) is 17.8 Å². The Kier molecular flexibility index (Phi) is 4.30. The molecule has 18 heavy (non-hydrogen) atoms. The zero-order valence-corrected chi connectivity index (χ0v) is 13.5. The highest BCUT2D eigenvalue weighted by Gasteiger charge is 2.27. The molecule has 0 unspecified atom stereocenters. The third-order valence-corrected chi connectivity index (χ3v) is 3.56. The van der Waals surface area contributed by atoms with Gasteiger partial charge in [0.1, 0.15) is 0 Å². The van der Waals surface area contributed by atoms with Crippen molar-refractivity contribution in [3.05, 3.63) is 17.5 Å². The van der Waals surface area contributed by atoms with Crippen molar-refractivity contribution in [2.24, 2.45) is 0 Å². The molecule has 1 rings (SSSR count). The van der Waals surface area contributed by atoms with E-state index in [-0.39, 0.29) is 10.8 Å². The molecule has 0 spiro atoms. The molecule has 0 aliphatic rings. The first-order valence-electron chi connectivity index (χ1n) is 7.21. The van der Waals surface area contributed by atoms with Gasteiger partial charge in [-0.05, 0) is 18.9 Å². The van der Waals surface area contributed by atoms with Crippen LogP contribution in [0.25, 0.3) is 0 Å². The third-order valence-electron chi connectivity index (χ3n) is 3.56. The molecule has 0 N–H and O–H groups in total. The smallest absolute Gasteiger partial charge is 0.0681 e. The summed E-state index contributed by atoms with van der Waals surface area (Å²) in [7, 11) is 0. The monoisotopic (exact) mass is 250 g/mol. The first kappa shape index (κ1) is 15.3. The van der Waals surface area contributed by atoms with Gasteiger partial charge in [-0.1, -0.05) is 55.4 Å². The molecule has 0 radical (unpaired) electrons. The van der Waals surface area contributed by atoms with Crippen LogP contribution in [-0.2, 0) is 10.8 Å². The van der Waals surface area contributed by atoms with Gasteiger partial charge in [-0.2, -0.15) is 5.10 Å². The van der Waals surface area contributed by atoms with Crippen molar-refractivity contribution in [2.75, 3.05) is 0 Å². The molecule has 0 fully saturated rings. The van der Waals surface area contributed by atoms with Gasteiger partial charge in [-0.25, -0.2) is 0 Å². The molecule has 1 aromatic heterocycles. The molecule has 0 bridgehead atoms. The lowest BCUT2D eigenvalue weighted by atomic mass is 9.87. The van der Waals surface area contributed by atoms with Gasteiger partial charge in [0.25, 0.3) is 0 Å². The predicted octanol–water partition coefficient (Wildman–Crippen LogP) is 4.84. The van der Waals surface area contributed by atoms with E-state index < -0.39 is 0 Å². The van der Waals surface area contributed by atoms with Crippen LogP contribution in [0.15, 0.2) is 6.07 Å². The summed E-state index contributed by atoms with van der Waals surface area (Å²) in [6, 6.07) is 2.83. The number of hydrogen-bond acceptors (Lipinski definition) is 1. The average Bonchev–Trinajstić information content (AvgIpc) is 2.63. The van der Waals surface area contributed by atoms with Gasteiger partial charge >= 0.3 is 0 Å². The molecule has 0 amide bonds. The van der Waals surface area contributed by atoms with Crippen LogP contribution in [0.4, 0.5) is 0 Å². The number of nitrogens with zero attached hydrogens (tertiary/aromatic N) is 2. The zero-order chi connectivity index (χ0) is 14.1. The zero-order valence-electron chi connectivity index (χ0n) is 13.5. The molecule has 0 saturated heterocycles. The minimum Gasteiger partial charge on any atom is -0.266 e. The highest BCUT2D eigenvalue weighted by Crippen LogP contribution is 2.31. The molecular formula is C16H30N2. The average molecular weight is 250 g/mol. The van der Waals surface area contributed by atoms with Crippen molar-refractivity contribution in [1.82, 2.24) is 9.78 Å². The van der Waals surface area contributed by atoms with E-state index in [0.29, 0.717) is 6.04 Å². The number of hydrogen-bond donors (Lipinski definition) is 0. The fourth-order valence-electron chi connectivity index (χ4n) is 2.23. The Labute approximate surface area is 113 Å². The van der Waals surface area contributed by atoms with Crippen LogP contribution in [-0.4, -0.2) is 9.78 Å². The van der Waals surface area contributed by atoms with Gasteiger partial charge in [-0.15, -0.1) is 0 Å². The Morgan fingerprint density at radius 2 is 1.50 bits per heavy atom. The van der Waals surface area contributed by atoms with E-state index in [1.807, 2.05) is 0 Å². The summed E-state index contributed by atoms with van der Waals surface area (Å²) >= 11 is 0. The van der Waals surface area contributed by atoms with E-state index in [2.05, 4.69) is 66.1 Å². The quantitative estimate of drug-likeness (QED) is 0.750. The Bertz CT molecular complexity index is 384. The van der Waals surface area contributed by atoms with Crippen LogP contribution in [0.2, 0.25) is 0 Å². The Balaban J connectivity index is 3.35. The summed E-state index contributed by atoms with van der Waals surface area (Å²) in [6.07, 6.45) is 2.29. The normalized spacial score (nSPS) is 13.4. The molecule has 104 valence electrons. The van der Waals surface area contributed by atoms with Gasteiger partial charge in [0.15, 0.2) is 0 Å². The molecule has 1 heterocycles. The fraction of sp³-hybridized carbons (Fsp3) is 0.812. The highest BCUT2D eigenvalue weighted by atomic mass is 15.3. The summed E-state index contributed by atoms with van der Waals surface area (Å²) < 4.78 is 2.28. The van der Waals surface area contributed by atoms with Crippen LogP contribution in [0.5, 0.6) is 0 Å². The molecule has 2 heteroatoms. The maximum atomic E-state index is 4.91. The van der Waals surface area contributed by atoms with E-state index in [1.165, 1.54) is 11.4 Å². The van der Waals surface area contributed by atoms with Crippen LogP contribution in [0, 0.1) is 0 Å². The van der Waals surface area contributed by atoms with Gasteiger partial charge in [0.2, 0.25) is 0 Å². The molecule has 0 saturated carbocycles. The van der Waals surface area contributed by atoms with E-state index in [1.54, 1.807) is 0 Å². The van der Waals surface area contributed by atoms with Crippen molar-refractivity contribution >= 4 is 0 Å². The third kappa shape index (κ3) is 3.15. The van der Waals surface area contributed by atoms with Crippen LogP contribution in [0.3, 0.4) is 0 Å². The van der Waals surface area contributed by atoms with Gasteiger partial charge in [0.05, 0.1) is 11.7 Å². The maximum absolute atomic E-state index is 4.91. The lowest BCUT2D eigenvalue weighted by Crippen LogP contribution is -2.21. The summed E-state index contributed by atoms with van der Waals surface area (Å²) in [5.41, 5.74) is 2.84. The van der Waals surface area contributed by atoms with Gasteiger partial charge < -0.3 is 0 Å². The molecule has 2 nitrogen and oxygen atoms in total. The van der Waals surface area contributed by atoms with Crippen molar-refractivity contribution in [3.63, 3.8) is 0 Å². The largest absolute Gasteiger partial charge is 0.266 e. The SMILES string of the molecule is CCC(CC)n1nc(C(C)(C)C)cc1C(C)(C)C. The van der Waals surface area contributed by atoms with E-state index in [4.69, 9.17) is 5.10 Å². The Hall–Kier alpha value is -0.790. The maximum Gasteiger partial charge on any atom is 0.0681 e. The summed E-state index contributed by atoms with van der Waals surface area (Å²) in [5, 5.41) is 4.91. The number of rotatable bonds is 3.